The Morgan fingerprint density at radius 3 is 2.13 bits per heavy atom. The van der Waals surface area contributed by atoms with Crippen molar-refractivity contribution in [3.63, 3.8) is 0 Å². The minimum absolute atomic E-state index is 0.292. The van der Waals surface area contributed by atoms with E-state index in [4.69, 9.17) is 0 Å². The van der Waals surface area contributed by atoms with Crippen LogP contribution in [0, 0.1) is 0 Å². The van der Waals surface area contributed by atoms with Gasteiger partial charge in [-0.15, -0.1) is 0 Å². The van der Waals surface area contributed by atoms with Gasteiger partial charge in [0.05, 0.1) is 0 Å². The van der Waals surface area contributed by atoms with Crippen LogP contribution in [0.2, 0.25) is 0 Å². The molecule has 90 valence electrons. The van der Waals surface area contributed by atoms with Crippen LogP contribution in [0.4, 0.5) is 0 Å². The molecule has 0 aliphatic carbocycles. The Morgan fingerprint density at radius 1 is 1.07 bits per heavy atom. The zero-order valence-electron chi connectivity index (χ0n) is 10.9. The lowest BCUT2D eigenvalue weighted by molar-refractivity contribution is -0.131. The van der Waals surface area contributed by atoms with E-state index in [0.717, 1.165) is 12.8 Å². The molecule has 0 heterocycles. The van der Waals surface area contributed by atoms with Gasteiger partial charge in [0.15, 0.2) is 0 Å². The summed E-state index contributed by atoms with van der Waals surface area (Å²) in [5.41, 5.74) is 0. The fourth-order valence-electron chi connectivity index (χ4n) is 1.52. The molecule has 2 heteroatoms. The zero-order valence-corrected chi connectivity index (χ0v) is 10.9. The van der Waals surface area contributed by atoms with Crippen molar-refractivity contribution in [2.24, 2.45) is 0 Å². The number of carbonyl (C=O) groups is 1. The van der Waals surface area contributed by atoms with Gasteiger partial charge in [-0.25, -0.2) is 0 Å². The van der Waals surface area contributed by atoms with Gasteiger partial charge in [0.25, 0.3) is 0 Å². The Kier molecular flexibility index (Phi) is 8.44. The summed E-state index contributed by atoms with van der Waals surface area (Å²) in [7, 11) is 1.89. The third kappa shape index (κ3) is 7.40. The first-order chi connectivity index (χ1) is 7.09. The number of hydrogen-bond acceptors (Lipinski definition) is 1. The van der Waals surface area contributed by atoms with Crippen LogP contribution in [0.25, 0.3) is 0 Å². The minimum Gasteiger partial charge on any atom is -0.343 e. The van der Waals surface area contributed by atoms with Gasteiger partial charge in [0.2, 0.25) is 5.91 Å². The number of amides is 1. The van der Waals surface area contributed by atoms with E-state index in [1.165, 1.54) is 32.1 Å². The SMILES string of the molecule is CCCCCCCCC(=O)N(C)C(C)C. The molecule has 0 aliphatic rings. The zero-order chi connectivity index (χ0) is 11.7. The molecule has 0 unspecified atom stereocenters. The molecule has 0 fully saturated rings. The first-order valence-corrected chi connectivity index (χ1v) is 6.35. The summed E-state index contributed by atoms with van der Waals surface area (Å²) >= 11 is 0. The summed E-state index contributed by atoms with van der Waals surface area (Å²) in [6.45, 7) is 6.33. The maximum absolute atomic E-state index is 11.6. The highest BCUT2D eigenvalue weighted by Crippen LogP contribution is 2.08. The summed E-state index contributed by atoms with van der Waals surface area (Å²) in [6.07, 6.45) is 8.21. The molecule has 0 aliphatic heterocycles. The van der Waals surface area contributed by atoms with Crippen molar-refractivity contribution in [3.05, 3.63) is 0 Å². The smallest absolute Gasteiger partial charge is 0.222 e. The Labute approximate surface area is 95.0 Å². The van der Waals surface area contributed by atoms with Crippen molar-refractivity contribution in [1.29, 1.82) is 0 Å². The van der Waals surface area contributed by atoms with Crippen molar-refractivity contribution < 1.29 is 4.79 Å². The molecule has 0 radical (unpaired) electrons. The van der Waals surface area contributed by atoms with Gasteiger partial charge in [-0.3, -0.25) is 4.79 Å². The number of nitrogens with zero attached hydrogens (tertiary/aromatic N) is 1. The second kappa shape index (κ2) is 8.75. The average molecular weight is 213 g/mol. The van der Waals surface area contributed by atoms with Crippen LogP contribution in [0.5, 0.6) is 0 Å². The molecule has 0 aromatic rings. The molecule has 0 aromatic heterocycles. The molecule has 0 bridgehead atoms. The normalized spacial score (nSPS) is 10.7. The van der Waals surface area contributed by atoms with Gasteiger partial charge in [0.1, 0.15) is 0 Å². The molecule has 0 atom stereocenters. The largest absolute Gasteiger partial charge is 0.343 e. The quantitative estimate of drug-likeness (QED) is 0.564. The second-order valence-electron chi connectivity index (χ2n) is 4.62. The minimum atomic E-state index is 0.292. The van der Waals surface area contributed by atoms with E-state index >= 15 is 0 Å². The molecular formula is C13H27NO. The monoisotopic (exact) mass is 213 g/mol. The van der Waals surface area contributed by atoms with Crippen molar-refractivity contribution in [3.8, 4) is 0 Å². The van der Waals surface area contributed by atoms with E-state index < -0.39 is 0 Å². The topological polar surface area (TPSA) is 20.3 Å². The van der Waals surface area contributed by atoms with Gasteiger partial charge in [-0.1, -0.05) is 39.0 Å². The number of carbonyl (C=O) groups excluding carboxylic acids is 1. The molecular weight excluding hydrogens is 186 g/mol. The van der Waals surface area contributed by atoms with E-state index in [1.807, 2.05) is 11.9 Å². The lowest BCUT2D eigenvalue weighted by Gasteiger charge is -2.21. The summed E-state index contributed by atoms with van der Waals surface area (Å²) in [4.78, 5) is 13.4. The van der Waals surface area contributed by atoms with E-state index in [-0.39, 0.29) is 0 Å². The predicted octanol–water partition coefficient (Wildman–Crippen LogP) is 3.60. The molecule has 0 N–H and O–H groups in total. The summed E-state index contributed by atoms with van der Waals surface area (Å²) in [5.74, 6) is 0.292. The first kappa shape index (κ1) is 14.5. The molecule has 0 aromatic carbocycles. The van der Waals surface area contributed by atoms with E-state index in [9.17, 15) is 4.79 Å². The van der Waals surface area contributed by atoms with Crippen LogP contribution in [0.3, 0.4) is 0 Å². The van der Waals surface area contributed by atoms with Gasteiger partial charge < -0.3 is 4.90 Å². The van der Waals surface area contributed by atoms with E-state index in [0.29, 0.717) is 11.9 Å². The molecule has 1 amide bonds. The van der Waals surface area contributed by atoms with Crippen molar-refractivity contribution in [1.82, 2.24) is 4.90 Å². The molecule has 0 spiro atoms. The van der Waals surface area contributed by atoms with Crippen LogP contribution in [-0.4, -0.2) is 23.9 Å². The number of unbranched alkanes of at least 4 members (excludes halogenated alkanes) is 5. The average Bonchev–Trinajstić information content (AvgIpc) is 2.21. The number of rotatable bonds is 8. The Bertz CT molecular complexity index is 166. The maximum atomic E-state index is 11.6. The predicted molar refractivity (Wildman–Crippen MR) is 65.9 cm³/mol. The number of hydrogen-bond donors (Lipinski definition) is 0. The third-order valence-electron chi connectivity index (χ3n) is 2.91. The molecule has 15 heavy (non-hydrogen) atoms. The van der Waals surface area contributed by atoms with Crippen molar-refractivity contribution in [2.75, 3.05) is 7.05 Å². The van der Waals surface area contributed by atoms with Gasteiger partial charge >= 0.3 is 0 Å². The molecule has 0 rings (SSSR count). The van der Waals surface area contributed by atoms with Gasteiger partial charge in [-0.2, -0.15) is 0 Å². The molecule has 0 saturated carbocycles. The maximum Gasteiger partial charge on any atom is 0.222 e. The fourth-order valence-corrected chi connectivity index (χ4v) is 1.52. The Morgan fingerprint density at radius 2 is 1.60 bits per heavy atom. The highest BCUT2D eigenvalue weighted by Gasteiger charge is 2.10. The lowest BCUT2D eigenvalue weighted by Crippen LogP contribution is -2.32. The van der Waals surface area contributed by atoms with Gasteiger partial charge in [0, 0.05) is 19.5 Å². The third-order valence-corrected chi connectivity index (χ3v) is 2.91. The standard InChI is InChI=1S/C13H27NO/c1-5-6-7-8-9-10-11-13(15)14(4)12(2)3/h12H,5-11H2,1-4H3. The lowest BCUT2D eigenvalue weighted by atomic mass is 10.1. The summed E-state index contributed by atoms with van der Waals surface area (Å²) in [5, 5.41) is 0. The van der Waals surface area contributed by atoms with Crippen LogP contribution < -0.4 is 0 Å². The van der Waals surface area contributed by atoms with Crippen LogP contribution in [-0.2, 0) is 4.79 Å². The van der Waals surface area contributed by atoms with Crippen LogP contribution in [0.15, 0.2) is 0 Å². The molecule has 2 nitrogen and oxygen atoms in total. The van der Waals surface area contributed by atoms with Crippen molar-refractivity contribution >= 4 is 5.91 Å². The highest BCUT2D eigenvalue weighted by molar-refractivity contribution is 5.76. The Hall–Kier alpha value is -0.530. The van der Waals surface area contributed by atoms with Crippen molar-refractivity contribution in [2.45, 2.75) is 71.8 Å². The van der Waals surface area contributed by atoms with Crippen LogP contribution >= 0.6 is 0 Å². The second-order valence-corrected chi connectivity index (χ2v) is 4.62. The fraction of sp³-hybridized carbons (Fsp3) is 0.923. The highest BCUT2D eigenvalue weighted by atomic mass is 16.2. The molecule has 0 saturated heterocycles. The summed E-state index contributed by atoms with van der Waals surface area (Å²) in [6, 6.07) is 0.331. The van der Waals surface area contributed by atoms with E-state index in [1.54, 1.807) is 0 Å². The Balaban J connectivity index is 3.39. The summed E-state index contributed by atoms with van der Waals surface area (Å²) < 4.78 is 0. The van der Waals surface area contributed by atoms with E-state index in [2.05, 4.69) is 20.8 Å². The van der Waals surface area contributed by atoms with Gasteiger partial charge in [-0.05, 0) is 20.3 Å². The van der Waals surface area contributed by atoms with Crippen LogP contribution in [0.1, 0.15) is 65.7 Å². The first-order valence-electron chi connectivity index (χ1n) is 6.35.